The molecule has 0 radical (unpaired) electrons. The molecule has 0 atom stereocenters. The third-order valence-corrected chi connectivity index (χ3v) is 7.39. The van der Waals surface area contributed by atoms with Crippen LogP contribution >= 0.6 is 11.6 Å². The van der Waals surface area contributed by atoms with E-state index in [2.05, 4.69) is 5.32 Å². The van der Waals surface area contributed by atoms with Gasteiger partial charge in [0.05, 0.1) is 21.9 Å². The Labute approximate surface area is 198 Å². The highest BCUT2D eigenvalue weighted by Gasteiger charge is 2.36. The number of aromatic carboxylic acids is 1. The van der Waals surface area contributed by atoms with Crippen molar-refractivity contribution in [2.24, 2.45) is 0 Å². The summed E-state index contributed by atoms with van der Waals surface area (Å²) in [6.07, 6.45) is 0.469. The molecule has 1 amide bonds. The lowest BCUT2D eigenvalue weighted by Gasteiger charge is -2.19. The molecule has 0 saturated heterocycles. The molecule has 0 aliphatic carbocycles. The monoisotopic (exact) mass is 501 g/mol. The van der Waals surface area contributed by atoms with Crippen LogP contribution in [0.25, 0.3) is 0 Å². The van der Waals surface area contributed by atoms with Gasteiger partial charge < -0.3 is 10.4 Å². The van der Waals surface area contributed by atoms with Gasteiger partial charge in [0.2, 0.25) is 0 Å². The van der Waals surface area contributed by atoms with E-state index >= 15 is 0 Å². The Balaban J connectivity index is 1.70. The average Bonchev–Trinajstić information content (AvgIpc) is 3.24. The third kappa shape index (κ3) is 4.18. The molecular weight excluding hydrogens is 486 g/mol. The molecule has 3 aromatic carbocycles. The molecule has 2 N–H and O–H groups in total. The first-order valence-corrected chi connectivity index (χ1v) is 11.6. The number of nitro groups is 1. The standard InChI is InChI=1S/C22H16ClN3O7S/c23-15-6-7-17(16(12-15)22(28)29)24-21(27)14-5-8-20(19(11-14)26(30)31)34(32,33)25-10-9-13-3-1-2-4-18(13)25/h1-8,11-12H,9-10H2,(H,24,27)(H,28,29). The van der Waals surface area contributed by atoms with Crippen LogP contribution in [0.1, 0.15) is 26.3 Å². The van der Waals surface area contributed by atoms with Gasteiger partial charge in [-0.2, -0.15) is 0 Å². The SMILES string of the molecule is O=C(Nc1ccc(Cl)cc1C(=O)O)c1ccc(S(=O)(=O)N2CCc3ccccc32)c([N+](=O)[O-])c1. The number of carbonyl (C=O) groups is 2. The van der Waals surface area contributed by atoms with E-state index in [0.717, 1.165) is 34.1 Å². The molecule has 34 heavy (non-hydrogen) atoms. The summed E-state index contributed by atoms with van der Waals surface area (Å²) in [5.41, 5.74) is -0.0907. The Morgan fingerprint density at radius 1 is 1.09 bits per heavy atom. The van der Waals surface area contributed by atoms with E-state index < -0.39 is 37.4 Å². The number of nitrogens with zero attached hydrogens (tertiary/aromatic N) is 2. The first kappa shape index (κ1) is 23.2. The zero-order valence-electron chi connectivity index (χ0n) is 17.3. The Morgan fingerprint density at radius 3 is 2.53 bits per heavy atom. The van der Waals surface area contributed by atoms with Crippen LogP contribution in [0.3, 0.4) is 0 Å². The average molecular weight is 502 g/mol. The molecule has 0 unspecified atom stereocenters. The highest BCUT2D eigenvalue weighted by molar-refractivity contribution is 7.93. The molecule has 10 nitrogen and oxygen atoms in total. The molecule has 1 aliphatic heterocycles. The summed E-state index contributed by atoms with van der Waals surface area (Å²) in [5, 5.41) is 23.6. The van der Waals surface area contributed by atoms with Crippen molar-refractivity contribution in [3.63, 3.8) is 0 Å². The fourth-order valence-electron chi connectivity index (χ4n) is 3.69. The van der Waals surface area contributed by atoms with Crippen LogP contribution in [0, 0.1) is 10.1 Å². The molecule has 0 fully saturated rings. The fourth-order valence-corrected chi connectivity index (χ4v) is 5.51. The minimum Gasteiger partial charge on any atom is -0.478 e. The molecule has 0 spiro atoms. The van der Waals surface area contributed by atoms with Crippen LogP contribution in [-0.2, 0) is 16.4 Å². The van der Waals surface area contributed by atoms with E-state index in [1.54, 1.807) is 24.3 Å². The molecule has 3 aromatic rings. The van der Waals surface area contributed by atoms with Gasteiger partial charge in [0.15, 0.2) is 4.90 Å². The van der Waals surface area contributed by atoms with Crippen molar-refractivity contribution in [1.29, 1.82) is 0 Å². The van der Waals surface area contributed by atoms with Gasteiger partial charge in [-0.25, -0.2) is 13.2 Å². The summed E-state index contributed by atoms with van der Waals surface area (Å²) in [5.74, 6) is -2.19. The van der Waals surface area contributed by atoms with E-state index in [-0.39, 0.29) is 28.4 Å². The number of carbonyl (C=O) groups excluding carboxylic acids is 1. The summed E-state index contributed by atoms with van der Waals surface area (Å²) in [6.45, 7) is 0.135. The summed E-state index contributed by atoms with van der Waals surface area (Å²) in [4.78, 5) is 34.5. The number of benzene rings is 3. The van der Waals surface area contributed by atoms with Crippen LogP contribution in [0.2, 0.25) is 5.02 Å². The number of hydrogen-bond donors (Lipinski definition) is 2. The van der Waals surface area contributed by atoms with E-state index in [1.807, 2.05) is 0 Å². The highest BCUT2D eigenvalue weighted by atomic mass is 35.5. The number of carboxylic acids is 1. The van der Waals surface area contributed by atoms with E-state index in [9.17, 15) is 33.2 Å². The fraction of sp³-hybridized carbons (Fsp3) is 0.0909. The second-order valence-corrected chi connectivity index (χ2v) is 9.61. The molecule has 4 rings (SSSR count). The number of nitrogens with one attached hydrogen (secondary N) is 1. The molecule has 1 heterocycles. The van der Waals surface area contributed by atoms with Crippen LogP contribution in [0.15, 0.2) is 65.6 Å². The first-order chi connectivity index (χ1) is 16.1. The molecule has 1 aliphatic rings. The van der Waals surface area contributed by atoms with Crippen molar-refractivity contribution in [3.8, 4) is 0 Å². The van der Waals surface area contributed by atoms with Crippen LogP contribution < -0.4 is 9.62 Å². The minimum absolute atomic E-state index is 0.0741. The predicted octanol–water partition coefficient (Wildman–Crippen LogP) is 3.95. The van der Waals surface area contributed by atoms with Crippen molar-refractivity contribution in [1.82, 2.24) is 0 Å². The van der Waals surface area contributed by atoms with Crippen LogP contribution in [-0.4, -0.2) is 36.9 Å². The minimum atomic E-state index is -4.28. The second kappa shape index (κ2) is 8.76. The summed E-state index contributed by atoms with van der Waals surface area (Å²) in [7, 11) is -4.28. The van der Waals surface area contributed by atoms with Crippen molar-refractivity contribution in [2.75, 3.05) is 16.2 Å². The van der Waals surface area contributed by atoms with Crippen molar-refractivity contribution in [3.05, 3.63) is 92.5 Å². The molecular formula is C22H16ClN3O7S. The lowest BCUT2D eigenvalue weighted by molar-refractivity contribution is -0.387. The van der Waals surface area contributed by atoms with Gasteiger partial charge in [0.1, 0.15) is 0 Å². The van der Waals surface area contributed by atoms with Crippen molar-refractivity contribution in [2.45, 2.75) is 11.3 Å². The quantitative estimate of drug-likeness (QED) is 0.384. The number of anilines is 2. The molecule has 0 saturated carbocycles. The van der Waals surface area contributed by atoms with Gasteiger partial charge in [0, 0.05) is 23.2 Å². The van der Waals surface area contributed by atoms with Crippen molar-refractivity contribution < 1.29 is 28.0 Å². The lowest BCUT2D eigenvalue weighted by atomic mass is 10.1. The number of amides is 1. The molecule has 0 aromatic heterocycles. The zero-order chi connectivity index (χ0) is 24.6. The lowest BCUT2D eigenvalue weighted by Crippen LogP contribution is -2.29. The number of rotatable bonds is 6. The number of sulfonamides is 1. The van der Waals surface area contributed by atoms with Gasteiger partial charge in [0.25, 0.3) is 21.6 Å². The van der Waals surface area contributed by atoms with Crippen LogP contribution in [0.4, 0.5) is 17.1 Å². The van der Waals surface area contributed by atoms with E-state index in [1.165, 1.54) is 12.1 Å². The second-order valence-electron chi connectivity index (χ2n) is 7.34. The number of hydrogen-bond acceptors (Lipinski definition) is 6. The van der Waals surface area contributed by atoms with Gasteiger partial charge in [-0.05, 0) is 48.4 Å². The van der Waals surface area contributed by atoms with Gasteiger partial charge in [-0.15, -0.1) is 0 Å². The number of para-hydroxylation sites is 1. The number of carboxylic acid groups (broad SMARTS) is 1. The Hall–Kier alpha value is -3.96. The molecule has 12 heteroatoms. The number of halogens is 1. The van der Waals surface area contributed by atoms with Crippen molar-refractivity contribution >= 4 is 50.6 Å². The molecule has 174 valence electrons. The Kier molecular flexibility index (Phi) is 5.98. The maximum absolute atomic E-state index is 13.3. The summed E-state index contributed by atoms with van der Waals surface area (Å²) in [6, 6.07) is 13.6. The van der Waals surface area contributed by atoms with Gasteiger partial charge in [-0.1, -0.05) is 29.8 Å². The first-order valence-electron chi connectivity index (χ1n) is 9.83. The Bertz CT molecular complexity index is 1460. The largest absolute Gasteiger partial charge is 0.478 e. The van der Waals surface area contributed by atoms with Gasteiger partial charge in [-0.3, -0.25) is 19.2 Å². The predicted molar refractivity (Wildman–Crippen MR) is 124 cm³/mol. The van der Waals surface area contributed by atoms with Gasteiger partial charge >= 0.3 is 5.97 Å². The summed E-state index contributed by atoms with van der Waals surface area (Å²) >= 11 is 5.80. The van der Waals surface area contributed by atoms with E-state index in [0.29, 0.717) is 12.1 Å². The highest BCUT2D eigenvalue weighted by Crippen LogP contribution is 2.36. The third-order valence-electron chi connectivity index (χ3n) is 5.29. The Morgan fingerprint density at radius 2 is 1.82 bits per heavy atom. The summed E-state index contributed by atoms with van der Waals surface area (Å²) < 4.78 is 27.7. The normalized spacial score (nSPS) is 12.8. The number of nitro benzene ring substituents is 1. The smallest absolute Gasteiger partial charge is 0.337 e. The zero-order valence-corrected chi connectivity index (χ0v) is 18.8. The maximum Gasteiger partial charge on any atom is 0.337 e. The number of fused-ring (bicyclic) bond motifs is 1. The van der Waals surface area contributed by atoms with E-state index in [4.69, 9.17) is 11.6 Å². The topological polar surface area (TPSA) is 147 Å². The molecule has 0 bridgehead atoms. The van der Waals surface area contributed by atoms with Crippen LogP contribution in [0.5, 0.6) is 0 Å². The maximum atomic E-state index is 13.3.